The molecule has 1 aliphatic carbocycles. The largest absolute Gasteiger partial charge is 0.369 e. The molecule has 0 spiro atoms. The van der Waals surface area contributed by atoms with Crippen LogP contribution in [0.2, 0.25) is 5.02 Å². The molecule has 0 saturated heterocycles. The van der Waals surface area contributed by atoms with Crippen molar-refractivity contribution in [3.8, 4) is 0 Å². The second-order valence-corrected chi connectivity index (χ2v) is 6.48. The Morgan fingerprint density at radius 2 is 2.00 bits per heavy atom. The number of halogens is 2. The number of aromatic nitrogens is 1. The van der Waals surface area contributed by atoms with Gasteiger partial charge in [-0.05, 0) is 46.7 Å². The summed E-state index contributed by atoms with van der Waals surface area (Å²) in [6, 6.07) is 1.88. The molecule has 0 amide bonds. The van der Waals surface area contributed by atoms with Gasteiger partial charge in [0.2, 0.25) is 0 Å². The molecule has 100 valence electrons. The van der Waals surface area contributed by atoms with Gasteiger partial charge in [-0.15, -0.1) is 0 Å². The van der Waals surface area contributed by atoms with Crippen molar-refractivity contribution < 1.29 is 0 Å². The van der Waals surface area contributed by atoms with E-state index >= 15 is 0 Å². The smallest absolute Gasteiger partial charge is 0.144 e. The number of rotatable bonds is 4. The minimum Gasteiger partial charge on any atom is -0.369 e. The summed E-state index contributed by atoms with van der Waals surface area (Å²) < 4.78 is 0.918. The predicted molar refractivity (Wildman–Crippen MR) is 81.2 cm³/mol. The van der Waals surface area contributed by atoms with Crippen molar-refractivity contribution in [1.29, 1.82) is 0 Å². The SMILES string of the molecule is CCC1CCC(CNc2ncc(Br)cc2Cl)CC1. The van der Waals surface area contributed by atoms with Crippen LogP contribution in [-0.4, -0.2) is 11.5 Å². The molecule has 0 atom stereocenters. The van der Waals surface area contributed by atoms with Crippen molar-refractivity contribution in [3.63, 3.8) is 0 Å². The molecule has 0 bridgehead atoms. The normalized spacial score (nSPS) is 23.9. The summed E-state index contributed by atoms with van der Waals surface area (Å²) in [6.07, 6.45) is 8.54. The van der Waals surface area contributed by atoms with Crippen LogP contribution in [0.15, 0.2) is 16.7 Å². The van der Waals surface area contributed by atoms with E-state index in [0.717, 1.165) is 28.7 Å². The Morgan fingerprint density at radius 1 is 1.33 bits per heavy atom. The van der Waals surface area contributed by atoms with Gasteiger partial charge in [-0.1, -0.05) is 37.8 Å². The van der Waals surface area contributed by atoms with Crippen LogP contribution in [0.1, 0.15) is 39.0 Å². The van der Waals surface area contributed by atoms with Crippen LogP contribution in [0.3, 0.4) is 0 Å². The lowest BCUT2D eigenvalue weighted by molar-refractivity contribution is 0.278. The standard InChI is InChI=1S/C14H20BrClN2/c1-2-10-3-5-11(6-4-10)8-17-14-13(16)7-12(15)9-18-14/h7,9-11H,2-6,8H2,1H3,(H,17,18). The first-order valence-corrected chi connectivity index (χ1v) is 7.91. The summed E-state index contributed by atoms with van der Waals surface area (Å²) in [6.45, 7) is 3.29. The van der Waals surface area contributed by atoms with Gasteiger partial charge in [0.05, 0.1) is 5.02 Å². The molecule has 18 heavy (non-hydrogen) atoms. The van der Waals surface area contributed by atoms with Gasteiger partial charge in [0, 0.05) is 17.2 Å². The van der Waals surface area contributed by atoms with Crippen molar-refractivity contribution in [1.82, 2.24) is 4.98 Å². The molecule has 1 N–H and O–H groups in total. The first-order valence-electron chi connectivity index (χ1n) is 6.74. The van der Waals surface area contributed by atoms with Crippen LogP contribution < -0.4 is 5.32 Å². The molecule has 0 radical (unpaired) electrons. The Bertz CT molecular complexity index is 389. The quantitative estimate of drug-likeness (QED) is 0.827. The second kappa shape index (κ2) is 6.76. The summed E-state index contributed by atoms with van der Waals surface area (Å²) in [5.41, 5.74) is 0. The van der Waals surface area contributed by atoms with E-state index in [2.05, 4.69) is 33.2 Å². The number of hydrogen-bond donors (Lipinski definition) is 1. The number of anilines is 1. The fourth-order valence-electron chi connectivity index (χ4n) is 2.63. The van der Waals surface area contributed by atoms with E-state index < -0.39 is 0 Å². The molecule has 0 aromatic carbocycles. The lowest BCUT2D eigenvalue weighted by atomic mass is 9.81. The minimum absolute atomic E-state index is 0.687. The van der Waals surface area contributed by atoms with E-state index in [1.807, 2.05) is 6.07 Å². The van der Waals surface area contributed by atoms with Crippen LogP contribution in [0.5, 0.6) is 0 Å². The Morgan fingerprint density at radius 3 is 2.61 bits per heavy atom. The number of nitrogens with zero attached hydrogens (tertiary/aromatic N) is 1. The van der Waals surface area contributed by atoms with E-state index in [0.29, 0.717) is 5.02 Å². The highest BCUT2D eigenvalue weighted by Crippen LogP contribution is 2.31. The van der Waals surface area contributed by atoms with Crippen LogP contribution >= 0.6 is 27.5 Å². The van der Waals surface area contributed by atoms with E-state index in [1.165, 1.54) is 32.1 Å². The maximum absolute atomic E-state index is 6.14. The van der Waals surface area contributed by atoms with Gasteiger partial charge >= 0.3 is 0 Å². The Kier molecular flexibility index (Phi) is 5.31. The van der Waals surface area contributed by atoms with E-state index in [9.17, 15) is 0 Å². The van der Waals surface area contributed by atoms with Gasteiger partial charge in [-0.3, -0.25) is 0 Å². The molecule has 0 aliphatic heterocycles. The van der Waals surface area contributed by atoms with Crippen molar-refractivity contribution >= 4 is 33.3 Å². The molecule has 1 aromatic heterocycles. The fourth-order valence-corrected chi connectivity index (χ4v) is 3.33. The topological polar surface area (TPSA) is 24.9 Å². The zero-order valence-electron chi connectivity index (χ0n) is 10.8. The van der Waals surface area contributed by atoms with Gasteiger partial charge in [0.15, 0.2) is 0 Å². The third kappa shape index (κ3) is 3.86. The molecular formula is C14H20BrClN2. The molecule has 2 nitrogen and oxygen atoms in total. The van der Waals surface area contributed by atoms with Crippen molar-refractivity contribution in [3.05, 3.63) is 21.8 Å². The lowest BCUT2D eigenvalue weighted by Crippen LogP contribution is -2.21. The Labute approximate surface area is 123 Å². The van der Waals surface area contributed by atoms with Crippen LogP contribution in [0, 0.1) is 11.8 Å². The third-order valence-corrected chi connectivity index (χ3v) is 4.63. The highest BCUT2D eigenvalue weighted by Gasteiger charge is 2.19. The molecule has 1 aromatic rings. The summed E-state index contributed by atoms with van der Waals surface area (Å²) in [4.78, 5) is 4.30. The molecule has 1 saturated carbocycles. The first-order chi connectivity index (χ1) is 8.69. The third-order valence-electron chi connectivity index (χ3n) is 3.91. The molecule has 4 heteroatoms. The summed E-state index contributed by atoms with van der Waals surface area (Å²) >= 11 is 9.50. The summed E-state index contributed by atoms with van der Waals surface area (Å²) in [7, 11) is 0. The summed E-state index contributed by atoms with van der Waals surface area (Å²) in [5.74, 6) is 2.53. The Hall–Kier alpha value is -0.280. The molecule has 0 unspecified atom stereocenters. The van der Waals surface area contributed by atoms with Crippen molar-refractivity contribution in [2.24, 2.45) is 11.8 Å². The van der Waals surface area contributed by atoms with Crippen LogP contribution in [0.25, 0.3) is 0 Å². The van der Waals surface area contributed by atoms with Gasteiger partial charge in [-0.2, -0.15) is 0 Å². The fraction of sp³-hybridized carbons (Fsp3) is 0.643. The number of hydrogen-bond acceptors (Lipinski definition) is 2. The average molecular weight is 332 g/mol. The maximum atomic E-state index is 6.14. The molecule has 2 rings (SSSR count). The van der Waals surface area contributed by atoms with Gasteiger partial charge in [0.1, 0.15) is 5.82 Å². The lowest BCUT2D eigenvalue weighted by Gasteiger charge is -2.28. The predicted octanol–water partition coefficient (Wildman–Crippen LogP) is 5.13. The first kappa shape index (κ1) is 14.1. The monoisotopic (exact) mass is 330 g/mol. The van der Waals surface area contributed by atoms with Crippen LogP contribution in [0.4, 0.5) is 5.82 Å². The molecule has 1 fully saturated rings. The second-order valence-electron chi connectivity index (χ2n) is 5.16. The molecule has 1 aliphatic rings. The van der Waals surface area contributed by atoms with Crippen LogP contribution in [-0.2, 0) is 0 Å². The summed E-state index contributed by atoms with van der Waals surface area (Å²) in [5, 5.41) is 4.07. The zero-order chi connectivity index (χ0) is 13.0. The van der Waals surface area contributed by atoms with Gasteiger partial charge in [0.25, 0.3) is 0 Å². The maximum Gasteiger partial charge on any atom is 0.144 e. The van der Waals surface area contributed by atoms with Gasteiger partial charge in [-0.25, -0.2) is 4.98 Å². The Balaban J connectivity index is 1.81. The van der Waals surface area contributed by atoms with Crippen molar-refractivity contribution in [2.75, 3.05) is 11.9 Å². The number of nitrogens with one attached hydrogen (secondary N) is 1. The van der Waals surface area contributed by atoms with Crippen molar-refractivity contribution in [2.45, 2.75) is 39.0 Å². The molecular weight excluding hydrogens is 312 g/mol. The average Bonchev–Trinajstić information content (AvgIpc) is 2.38. The minimum atomic E-state index is 0.687. The zero-order valence-corrected chi connectivity index (χ0v) is 13.1. The highest BCUT2D eigenvalue weighted by atomic mass is 79.9. The number of pyridine rings is 1. The van der Waals surface area contributed by atoms with E-state index in [1.54, 1.807) is 6.20 Å². The van der Waals surface area contributed by atoms with E-state index in [-0.39, 0.29) is 0 Å². The van der Waals surface area contributed by atoms with E-state index in [4.69, 9.17) is 11.6 Å². The van der Waals surface area contributed by atoms with Gasteiger partial charge < -0.3 is 5.32 Å². The molecule has 1 heterocycles. The highest BCUT2D eigenvalue weighted by molar-refractivity contribution is 9.10.